The van der Waals surface area contributed by atoms with Crippen molar-refractivity contribution in [1.29, 1.82) is 0 Å². The smallest absolute Gasteiger partial charge is 0.138 e. The van der Waals surface area contributed by atoms with Crippen molar-refractivity contribution in [2.45, 2.75) is 26.8 Å². The Hall–Kier alpha value is -0.930. The van der Waals surface area contributed by atoms with Gasteiger partial charge in [0.15, 0.2) is 0 Å². The van der Waals surface area contributed by atoms with Gasteiger partial charge in [-0.25, -0.2) is 4.68 Å². The zero-order valence-electron chi connectivity index (χ0n) is 6.36. The molecule has 0 aliphatic carbocycles. The van der Waals surface area contributed by atoms with Gasteiger partial charge in [-0.3, -0.25) is 0 Å². The van der Waals surface area contributed by atoms with E-state index in [-0.39, 0.29) is 0 Å². The molecule has 0 spiro atoms. The van der Waals surface area contributed by atoms with E-state index in [1.54, 1.807) is 11.0 Å². The minimum Gasteiger partial charge on any atom is -0.233 e. The lowest BCUT2D eigenvalue weighted by atomic mass is 10.1. The average Bonchev–Trinajstić information content (AvgIpc) is 2.34. The zero-order chi connectivity index (χ0) is 7.40. The second-order valence-electron chi connectivity index (χ2n) is 2.76. The number of rotatable bonds is 3. The summed E-state index contributed by atoms with van der Waals surface area (Å²) in [5.41, 5.74) is 0. The van der Waals surface area contributed by atoms with E-state index in [9.17, 15) is 0 Å². The molecule has 0 radical (unpaired) electrons. The fourth-order valence-corrected chi connectivity index (χ4v) is 0.673. The number of tetrazole rings is 1. The van der Waals surface area contributed by atoms with Gasteiger partial charge in [-0.1, -0.05) is 13.8 Å². The van der Waals surface area contributed by atoms with Gasteiger partial charge in [-0.05, 0) is 22.8 Å². The van der Waals surface area contributed by atoms with Gasteiger partial charge in [0.05, 0.1) is 0 Å². The highest BCUT2D eigenvalue weighted by Crippen LogP contribution is 1.99. The summed E-state index contributed by atoms with van der Waals surface area (Å²) in [7, 11) is 0. The maximum Gasteiger partial charge on any atom is 0.138 e. The van der Waals surface area contributed by atoms with Gasteiger partial charge in [-0.15, -0.1) is 5.10 Å². The van der Waals surface area contributed by atoms with E-state index >= 15 is 0 Å². The van der Waals surface area contributed by atoms with Gasteiger partial charge in [0, 0.05) is 6.54 Å². The normalized spacial score (nSPS) is 10.7. The largest absolute Gasteiger partial charge is 0.233 e. The SMILES string of the molecule is CC(C)CCn1cnnn1. The molecule has 1 heterocycles. The first-order chi connectivity index (χ1) is 4.79. The topological polar surface area (TPSA) is 43.6 Å². The Balaban J connectivity index is 2.28. The Kier molecular flexibility index (Phi) is 2.36. The van der Waals surface area contributed by atoms with E-state index in [2.05, 4.69) is 29.4 Å². The number of hydrogen-bond donors (Lipinski definition) is 0. The molecule has 0 amide bonds. The predicted molar refractivity (Wildman–Crippen MR) is 37.3 cm³/mol. The van der Waals surface area contributed by atoms with Crippen LogP contribution in [-0.2, 0) is 6.54 Å². The Labute approximate surface area is 60.2 Å². The molecule has 0 N–H and O–H groups in total. The summed E-state index contributed by atoms with van der Waals surface area (Å²) in [6.45, 7) is 5.29. The van der Waals surface area contributed by atoms with Crippen LogP contribution in [0.15, 0.2) is 6.33 Å². The van der Waals surface area contributed by atoms with Crippen molar-refractivity contribution in [2.75, 3.05) is 0 Å². The first kappa shape index (κ1) is 7.18. The van der Waals surface area contributed by atoms with Crippen molar-refractivity contribution < 1.29 is 0 Å². The molecular formula is C6H12N4. The van der Waals surface area contributed by atoms with Crippen LogP contribution in [0.1, 0.15) is 20.3 Å². The summed E-state index contributed by atoms with van der Waals surface area (Å²) in [5.74, 6) is 0.712. The first-order valence-electron chi connectivity index (χ1n) is 3.50. The Bertz CT molecular complexity index is 168. The highest BCUT2D eigenvalue weighted by molar-refractivity contribution is 4.49. The number of nitrogens with zero attached hydrogens (tertiary/aromatic N) is 4. The molecule has 0 bridgehead atoms. The summed E-state index contributed by atoms with van der Waals surface area (Å²) in [4.78, 5) is 0. The summed E-state index contributed by atoms with van der Waals surface area (Å²) in [6.07, 6.45) is 2.77. The summed E-state index contributed by atoms with van der Waals surface area (Å²) in [5, 5.41) is 10.8. The standard InChI is InChI=1S/C6H12N4/c1-6(2)3-4-10-5-7-8-9-10/h5-6H,3-4H2,1-2H3. The lowest BCUT2D eigenvalue weighted by Gasteiger charge is -2.01. The third-order valence-corrected chi connectivity index (χ3v) is 1.33. The van der Waals surface area contributed by atoms with Crippen molar-refractivity contribution in [3.63, 3.8) is 0 Å². The summed E-state index contributed by atoms with van der Waals surface area (Å²) >= 11 is 0. The van der Waals surface area contributed by atoms with E-state index in [1.165, 1.54) is 0 Å². The zero-order valence-corrected chi connectivity index (χ0v) is 6.36. The number of hydrogen-bond acceptors (Lipinski definition) is 3. The van der Waals surface area contributed by atoms with E-state index in [1.807, 2.05) is 0 Å². The van der Waals surface area contributed by atoms with Crippen LogP contribution >= 0.6 is 0 Å². The van der Waals surface area contributed by atoms with Crippen LogP contribution in [0.3, 0.4) is 0 Å². The van der Waals surface area contributed by atoms with Crippen LogP contribution in [0.2, 0.25) is 0 Å². The molecule has 0 aromatic carbocycles. The molecule has 0 unspecified atom stereocenters. The molecule has 4 nitrogen and oxygen atoms in total. The van der Waals surface area contributed by atoms with E-state index in [0.717, 1.165) is 13.0 Å². The molecule has 0 saturated heterocycles. The maximum atomic E-state index is 3.74. The number of aromatic nitrogens is 4. The third-order valence-electron chi connectivity index (χ3n) is 1.33. The summed E-state index contributed by atoms with van der Waals surface area (Å²) in [6, 6.07) is 0. The fourth-order valence-electron chi connectivity index (χ4n) is 0.673. The van der Waals surface area contributed by atoms with Crippen molar-refractivity contribution in [3.8, 4) is 0 Å². The van der Waals surface area contributed by atoms with E-state index in [4.69, 9.17) is 0 Å². The minimum absolute atomic E-state index is 0.712. The van der Waals surface area contributed by atoms with Gasteiger partial charge in [0.25, 0.3) is 0 Å². The molecule has 0 saturated carbocycles. The van der Waals surface area contributed by atoms with Crippen molar-refractivity contribution in [1.82, 2.24) is 20.2 Å². The van der Waals surface area contributed by atoms with Crippen molar-refractivity contribution in [2.24, 2.45) is 5.92 Å². The van der Waals surface area contributed by atoms with Crippen LogP contribution in [-0.4, -0.2) is 20.2 Å². The Morgan fingerprint density at radius 2 is 2.30 bits per heavy atom. The van der Waals surface area contributed by atoms with E-state index in [0.29, 0.717) is 5.92 Å². The van der Waals surface area contributed by atoms with Gasteiger partial charge < -0.3 is 0 Å². The second kappa shape index (κ2) is 3.29. The van der Waals surface area contributed by atoms with Crippen LogP contribution in [0, 0.1) is 5.92 Å². The monoisotopic (exact) mass is 140 g/mol. The molecule has 0 atom stereocenters. The average molecular weight is 140 g/mol. The highest BCUT2D eigenvalue weighted by atomic mass is 15.5. The first-order valence-corrected chi connectivity index (χ1v) is 3.50. The Morgan fingerprint density at radius 3 is 2.80 bits per heavy atom. The molecule has 1 aromatic rings. The molecule has 0 aliphatic rings. The molecule has 10 heavy (non-hydrogen) atoms. The lowest BCUT2D eigenvalue weighted by molar-refractivity contribution is 0.478. The van der Waals surface area contributed by atoms with Crippen LogP contribution in [0.5, 0.6) is 0 Å². The molecule has 1 rings (SSSR count). The van der Waals surface area contributed by atoms with Gasteiger partial charge in [0.1, 0.15) is 6.33 Å². The van der Waals surface area contributed by atoms with Gasteiger partial charge in [-0.2, -0.15) is 0 Å². The number of aryl methyl sites for hydroxylation is 1. The van der Waals surface area contributed by atoms with E-state index < -0.39 is 0 Å². The van der Waals surface area contributed by atoms with Crippen LogP contribution < -0.4 is 0 Å². The second-order valence-corrected chi connectivity index (χ2v) is 2.76. The van der Waals surface area contributed by atoms with Crippen molar-refractivity contribution >= 4 is 0 Å². The predicted octanol–water partition coefficient (Wildman–Crippen LogP) is 0.719. The van der Waals surface area contributed by atoms with Gasteiger partial charge in [0.2, 0.25) is 0 Å². The molecule has 0 fully saturated rings. The maximum absolute atomic E-state index is 3.74. The highest BCUT2D eigenvalue weighted by Gasteiger charge is 1.95. The molecule has 0 aliphatic heterocycles. The van der Waals surface area contributed by atoms with Crippen LogP contribution in [0.4, 0.5) is 0 Å². The molecular weight excluding hydrogens is 128 g/mol. The van der Waals surface area contributed by atoms with Gasteiger partial charge >= 0.3 is 0 Å². The lowest BCUT2D eigenvalue weighted by Crippen LogP contribution is -2.01. The fraction of sp³-hybridized carbons (Fsp3) is 0.833. The summed E-state index contributed by atoms with van der Waals surface area (Å²) < 4.78 is 1.75. The van der Waals surface area contributed by atoms with Crippen LogP contribution in [0.25, 0.3) is 0 Å². The molecule has 4 heteroatoms. The molecule has 1 aromatic heterocycles. The Morgan fingerprint density at radius 1 is 1.50 bits per heavy atom. The quantitative estimate of drug-likeness (QED) is 0.621. The van der Waals surface area contributed by atoms with Crippen molar-refractivity contribution in [3.05, 3.63) is 6.33 Å². The third kappa shape index (κ3) is 2.13. The minimum atomic E-state index is 0.712. The molecule has 56 valence electrons.